The molecule has 0 saturated heterocycles. The van der Waals surface area contributed by atoms with Gasteiger partial charge >= 0.3 is 23.7 Å². The highest BCUT2D eigenvalue weighted by Crippen LogP contribution is 2.16. The molecule has 0 aliphatic carbocycles. The van der Waals surface area contributed by atoms with E-state index in [1.165, 1.54) is 0 Å². The molecule has 8 nitrogen and oxygen atoms in total. The molecule has 0 bridgehead atoms. The molecule has 0 unspecified atom stereocenters. The number of carboxylic acid groups (broad SMARTS) is 2. The number of aromatic nitrogens is 2. The van der Waals surface area contributed by atoms with E-state index in [1.54, 1.807) is 0 Å². The molecule has 2 N–H and O–H groups in total. The Morgan fingerprint density at radius 3 is 1.57 bits per heavy atom. The second-order valence-electron chi connectivity index (χ2n) is 2.26. The highest BCUT2D eigenvalue weighted by atomic mass is 16.5. The fraction of sp³-hybridized carbons (Fsp3) is 0. The van der Waals surface area contributed by atoms with Gasteiger partial charge in [0.05, 0.1) is 0 Å². The normalized spacial score (nSPS) is 10.6. The monoisotopic (exact) mass is 198 g/mol. The first kappa shape index (κ1) is 8.23. The summed E-state index contributed by atoms with van der Waals surface area (Å²) >= 11 is 0. The van der Waals surface area contributed by atoms with E-state index in [4.69, 9.17) is 10.2 Å². The summed E-state index contributed by atoms with van der Waals surface area (Å²) in [5, 5.41) is 16.9. The maximum absolute atomic E-state index is 10.3. The third-order valence-electron chi connectivity index (χ3n) is 1.34. The lowest BCUT2D eigenvalue weighted by Gasteiger charge is -1.81. The number of hydrogen-bond donors (Lipinski definition) is 2. The van der Waals surface area contributed by atoms with E-state index in [-0.39, 0.29) is 11.4 Å². The summed E-state index contributed by atoms with van der Waals surface area (Å²) in [7, 11) is 0. The summed E-state index contributed by atoms with van der Waals surface area (Å²) in [6.45, 7) is 0. The molecule has 0 saturated carbocycles. The van der Waals surface area contributed by atoms with Crippen LogP contribution in [0.1, 0.15) is 21.4 Å². The van der Waals surface area contributed by atoms with Gasteiger partial charge in [-0.2, -0.15) is 9.97 Å². The minimum absolute atomic E-state index is 0.250. The summed E-state index contributed by atoms with van der Waals surface area (Å²) in [6, 6.07) is 0. The molecule has 14 heavy (non-hydrogen) atoms. The largest absolute Gasteiger partial charge is 0.474 e. The van der Waals surface area contributed by atoms with Crippen LogP contribution in [0.2, 0.25) is 0 Å². The lowest BCUT2D eigenvalue weighted by atomic mass is 10.7. The van der Waals surface area contributed by atoms with Crippen molar-refractivity contribution in [2.24, 2.45) is 0 Å². The zero-order valence-electron chi connectivity index (χ0n) is 6.42. The maximum Gasteiger partial charge on any atom is 0.392 e. The van der Waals surface area contributed by atoms with E-state index in [9.17, 15) is 9.59 Å². The molecule has 0 amide bonds. The number of nitrogens with zero attached hydrogens (tertiary/aromatic N) is 2. The van der Waals surface area contributed by atoms with Gasteiger partial charge in [-0.15, -0.1) is 0 Å². The predicted molar refractivity (Wildman–Crippen MR) is 38.0 cm³/mol. The Bertz CT molecular complexity index is 448. The average molecular weight is 198 g/mol. The fourth-order valence-corrected chi connectivity index (χ4v) is 0.825. The van der Waals surface area contributed by atoms with Crippen molar-refractivity contribution in [3.63, 3.8) is 0 Å². The van der Waals surface area contributed by atoms with Crippen LogP contribution in [0.5, 0.6) is 0 Å². The Kier molecular flexibility index (Phi) is 1.50. The van der Waals surface area contributed by atoms with Gasteiger partial charge in [0.2, 0.25) is 0 Å². The minimum Gasteiger partial charge on any atom is -0.474 e. The Morgan fingerprint density at radius 2 is 1.29 bits per heavy atom. The van der Waals surface area contributed by atoms with Crippen LogP contribution in [0.4, 0.5) is 0 Å². The van der Waals surface area contributed by atoms with Crippen LogP contribution in [0.3, 0.4) is 0 Å². The lowest BCUT2D eigenvalue weighted by molar-refractivity contribution is 0.0653. The number of carbonyl (C=O) groups is 2. The predicted octanol–water partition coefficient (Wildman–Crippen LogP) is 0.212. The van der Waals surface area contributed by atoms with Crippen molar-refractivity contribution >= 4 is 23.4 Å². The quantitative estimate of drug-likeness (QED) is 0.700. The SMILES string of the molecule is O=C(O)c1nc2oc(C(=O)O)nc2o1. The summed E-state index contributed by atoms with van der Waals surface area (Å²) in [4.78, 5) is 27.4. The molecule has 0 atom stereocenters. The smallest absolute Gasteiger partial charge is 0.392 e. The van der Waals surface area contributed by atoms with Crippen molar-refractivity contribution in [1.82, 2.24) is 9.97 Å². The number of aromatic carboxylic acids is 2. The van der Waals surface area contributed by atoms with E-state index < -0.39 is 23.7 Å². The van der Waals surface area contributed by atoms with E-state index >= 15 is 0 Å². The van der Waals surface area contributed by atoms with Gasteiger partial charge in [-0.05, 0) is 0 Å². The zero-order valence-corrected chi connectivity index (χ0v) is 6.42. The average Bonchev–Trinajstić information content (AvgIpc) is 2.57. The molecule has 2 aromatic heterocycles. The second-order valence-corrected chi connectivity index (χ2v) is 2.26. The molecule has 0 aliphatic heterocycles. The Hall–Kier alpha value is -2.38. The summed E-state index contributed by atoms with van der Waals surface area (Å²) in [6.07, 6.45) is 0. The molecule has 72 valence electrons. The molecule has 2 rings (SSSR count). The highest BCUT2D eigenvalue weighted by molar-refractivity contribution is 5.87. The number of hydrogen-bond acceptors (Lipinski definition) is 6. The Labute approximate surface area is 74.8 Å². The van der Waals surface area contributed by atoms with Gasteiger partial charge in [-0.3, -0.25) is 0 Å². The first-order valence-corrected chi connectivity index (χ1v) is 3.32. The molecule has 0 radical (unpaired) electrons. The molecule has 0 spiro atoms. The van der Waals surface area contributed by atoms with Crippen molar-refractivity contribution in [3.05, 3.63) is 11.8 Å². The summed E-state index contributed by atoms with van der Waals surface area (Å²) < 4.78 is 9.16. The number of carboxylic acids is 2. The second kappa shape index (κ2) is 2.55. The summed E-state index contributed by atoms with van der Waals surface area (Å²) in [5.41, 5.74) is -0.500. The van der Waals surface area contributed by atoms with Gasteiger partial charge < -0.3 is 19.0 Å². The van der Waals surface area contributed by atoms with E-state index in [2.05, 4.69) is 18.8 Å². The first-order valence-electron chi connectivity index (χ1n) is 3.32. The van der Waals surface area contributed by atoms with E-state index in [1.807, 2.05) is 0 Å². The third kappa shape index (κ3) is 1.09. The topological polar surface area (TPSA) is 127 Å². The van der Waals surface area contributed by atoms with Gasteiger partial charge in [0, 0.05) is 0 Å². The molecule has 2 aromatic rings. The van der Waals surface area contributed by atoms with Crippen LogP contribution in [0, 0.1) is 0 Å². The Morgan fingerprint density at radius 1 is 0.929 bits per heavy atom. The van der Waals surface area contributed by atoms with Crippen molar-refractivity contribution in [2.45, 2.75) is 0 Å². The molecule has 0 aliphatic rings. The first-order chi connectivity index (χ1) is 6.58. The standard InChI is InChI=1S/C6H2N2O6/c9-5(10)3-7-1-2(14-3)8-4(13-1)6(11)12/h(H,9,10)(H,11,12). The van der Waals surface area contributed by atoms with Gasteiger partial charge in [0.1, 0.15) is 0 Å². The molecule has 0 fully saturated rings. The lowest BCUT2D eigenvalue weighted by Crippen LogP contribution is -1.97. The number of fused-ring (bicyclic) bond motifs is 1. The fourth-order valence-electron chi connectivity index (χ4n) is 0.825. The third-order valence-corrected chi connectivity index (χ3v) is 1.34. The van der Waals surface area contributed by atoms with Crippen molar-refractivity contribution in [3.8, 4) is 0 Å². The van der Waals surface area contributed by atoms with Crippen LogP contribution < -0.4 is 0 Å². The number of oxazole rings is 2. The number of rotatable bonds is 2. The molecular formula is C6H2N2O6. The highest BCUT2D eigenvalue weighted by Gasteiger charge is 2.20. The molecule has 0 aromatic carbocycles. The van der Waals surface area contributed by atoms with Crippen molar-refractivity contribution in [1.29, 1.82) is 0 Å². The van der Waals surface area contributed by atoms with Crippen LogP contribution in [-0.2, 0) is 0 Å². The summed E-state index contributed by atoms with van der Waals surface area (Å²) in [5.74, 6) is -3.95. The van der Waals surface area contributed by atoms with Gasteiger partial charge in [0.15, 0.2) is 0 Å². The minimum atomic E-state index is -1.38. The van der Waals surface area contributed by atoms with Crippen molar-refractivity contribution < 1.29 is 28.6 Å². The maximum atomic E-state index is 10.3. The molecule has 2 heterocycles. The van der Waals surface area contributed by atoms with Crippen LogP contribution in [0.25, 0.3) is 11.4 Å². The Balaban J connectivity index is 2.56. The van der Waals surface area contributed by atoms with E-state index in [0.29, 0.717) is 0 Å². The van der Waals surface area contributed by atoms with Gasteiger partial charge in [-0.1, -0.05) is 0 Å². The van der Waals surface area contributed by atoms with Crippen molar-refractivity contribution in [2.75, 3.05) is 0 Å². The van der Waals surface area contributed by atoms with Crippen LogP contribution >= 0.6 is 0 Å². The van der Waals surface area contributed by atoms with Gasteiger partial charge in [-0.25, -0.2) is 9.59 Å². The molecule has 8 heteroatoms. The van der Waals surface area contributed by atoms with Crippen LogP contribution in [0.15, 0.2) is 8.83 Å². The molecular weight excluding hydrogens is 196 g/mol. The zero-order chi connectivity index (χ0) is 10.3. The van der Waals surface area contributed by atoms with Gasteiger partial charge in [0.25, 0.3) is 11.4 Å². The van der Waals surface area contributed by atoms with E-state index in [0.717, 1.165) is 0 Å². The van der Waals surface area contributed by atoms with Crippen LogP contribution in [-0.4, -0.2) is 32.1 Å².